The molecule has 0 bridgehead atoms. The number of halogens is 3. The molecule has 0 amide bonds. The van der Waals surface area contributed by atoms with E-state index in [1.54, 1.807) is 18.0 Å². The molecular weight excluding hydrogens is 395 g/mol. The first kappa shape index (κ1) is 20.2. The third-order valence-corrected chi connectivity index (χ3v) is 5.30. The molecule has 3 aromatic rings. The van der Waals surface area contributed by atoms with Gasteiger partial charge in [-0.3, -0.25) is 4.99 Å². The summed E-state index contributed by atoms with van der Waals surface area (Å²) in [6, 6.07) is 7.04. The molecule has 1 aliphatic rings. The van der Waals surface area contributed by atoms with Crippen molar-refractivity contribution in [3.05, 3.63) is 47.8 Å². The van der Waals surface area contributed by atoms with E-state index in [9.17, 15) is 13.2 Å². The van der Waals surface area contributed by atoms with Crippen LogP contribution in [0.1, 0.15) is 43.4 Å². The van der Waals surface area contributed by atoms with Gasteiger partial charge in [0.2, 0.25) is 0 Å². The van der Waals surface area contributed by atoms with E-state index in [1.165, 1.54) is 31.4 Å². The maximum Gasteiger partial charge on any atom is 0.416 e. The Kier molecular flexibility index (Phi) is 5.61. The first-order chi connectivity index (χ1) is 14.4. The van der Waals surface area contributed by atoms with Crippen molar-refractivity contribution in [1.29, 1.82) is 0 Å². The van der Waals surface area contributed by atoms with E-state index < -0.39 is 11.7 Å². The lowest BCUT2D eigenvalue weighted by molar-refractivity contribution is -0.659. The Morgan fingerprint density at radius 3 is 2.57 bits per heavy atom. The summed E-state index contributed by atoms with van der Waals surface area (Å²) in [5.74, 6) is 0.661. The zero-order valence-corrected chi connectivity index (χ0v) is 16.5. The van der Waals surface area contributed by atoms with E-state index in [4.69, 9.17) is 4.74 Å². The van der Waals surface area contributed by atoms with Gasteiger partial charge in [-0.1, -0.05) is 24.5 Å². The number of hydrogen-bond acceptors (Lipinski definition) is 3. The fourth-order valence-corrected chi connectivity index (χ4v) is 3.63. The van der Waals surface area contributed by atoms with Crippen molar-refractivity contribution in [3.63, 3.8) is 0 Å². The predicted molar refractivity (Wildman–Crippen MR) is 106 cm³/mol. The smallest absolute Gasteiger partial charge is 0.416 e. The number of ether oxygens (including phenoxy) is 1. The highest BCUT2D eigenvalue weighted by molar-refractivity contribution is 5.83. The lowest BCUT2D eigenvalue weighted by Crippen LogP contribution is -2.31. The number of aliphatic imine (C=N–C) groups is 1. The molecule has 1 fully saturated rings. The maximum absolute atomic E-state index is 12.7. The average Bonchev–Trinajstić information content (AvgIpc) is 3.39. The van der Waals surface area contributed by atoms with Crippen molar-refractivity contribution in [2.75, 3.05) is 7.11 Å². The van der Waals surface area contributed by atoms with Crippen LogP contribution in [-0.2, 0) is 6.18 Å². The van der Waals surface area contributed by atoms with E-state index in [1.807, 2.05) is 12.3 Å². The van der Waals surface area contributed by atoms with Crippen molar-refractivity contribution >= 4 is 6.21 Å². The predicted octanol–water partition coefficient (Wildman–Crippen LogP) is 4.46. The largest absolute Gasteiger partial charge is 0.494 e. The van der Waals surface area contributed by atoms with Crippen molar-refractivity contribution in [1.82, 2.24) is 15.3 Å². The first-order valence-corrected chi connectivity index (χ1v) is 9.89. The molecule has 2 aromatic heterocycles. The van der Waals surface area contributed by atoms with Crippen LogP contribution in [-0.4, -0.2) is 34.7 Å². The summed E-state index contributed by atoms with van der Waals surface area (Å²) in [7, 11) is 1.60. The highest BCUT2D eigenvalue weighted by atomic mass is 19.4. The summed E-state index contributed by atoms with van der Waals surface area (Å²) in [5, 5.41) is 7.06. The third-order valence-electron chi connectivity index (χ3n) is 5.30. The summed E-state index contributed by atoms with van der Waals surface area (Å²) in [4.78, 5) is 7.95. The summed E-state index contributed by atoms with van der Waals surface area (Å²) >= 11 is 0. The molecule has 1 saturated carbocycles. The standard InChI is InChI=1S/C21H22F3N5O/c1-30-20-11-17(26-18(20)12-25-15-5-3-2-4-6-15)19-13-29(28-27-19)16-9-7-14(8-10-16)21(22,23)24/h7-13,15H,2-6H2,1H3,(H,25,26)/p+1. The molecule has 0 atom stereocenters. The van der Waals surface area contributed by atoms with Crippen molar-refractivity contribution in [3.8, 4) is 22.8 Å². The summed E-state index contributed by atoms with van der Waals surface area (Å²) in [6.45, 7) is 0. The van der Waals surface area contributed by atoms with Crippen LogP contribution in [0, 0.1) is 0 Å². The average molecular weight is 418 g/mol. The number of nitrogens with one attached hydrogen (secondary N) is 2. The van der Waals surface area contributed by atoms with Crippen LogP contribution in [0.15, 0.2) is 41.5 Å². The Labute approximate surface area is 171 Å². The van der Waals surface area contributed by atoms with Crippen LogP contribution in [0.3, 0.4) is 0 Å². The summed E-state index contributed by atoms with van der Waals surface area (Å²) in [6.07, 6.45) is 5.08. The van der Waals surface area contributed by atoms with Crippen LogP contribution < -0.4 is 9.42 Å². The second-order valence-corrected chi connectivity index (χ2v) is 7.38. The topological polar surface area (TPSA) is 69.9 Å². The minimum Gasteiger partial charge on any atom is -0.494 e. The van der Waals surface area contributed by atoms with E-state index >= 15 is 0 Å². The van der Waals surface area contributed by atoms with Gasteiger partial charge in [-0.05, 0) is 37.1 Å². The fourth-order valence-electron chi connectivity index (χ4n) is 3.63. The zero-order valence-electron chi connectivity index (χ0n) is 16.5. The molecule has 30 heavy (non-hydrogen) atoms. The van der Waals surface area contributed by atoms with E-state index in [0.29, 0.717) is 23.2 Å². The van der Waals surface area contributed by atoms with Gasteiger partial charge < -0.3 is 9.72 Å². The van der Waals surface area contributed by atoms with E-state index in [-0.39, 0.29) is 0 Å². The first-order valence-electron chi connectivity index (χ1n) is 9.89. The van der Waals surface area contributed by atoms with Crippen LogP contribution in [0.25, 0.3) is 17.1 Å². The van der Waals surface area contributed by atoms with Gasteiger partial charge in [0.15, 0.2) is 11.9 Å². The number of nitrogens with zero attached hydrogens (tertiary/aromatic N) is 3. The molecule has 6 nitrogen and oxygen atoms in total. The van der Waals surface area contributed by atoms with Crippen molar-refractivity contribution in [2.45, 2.75) is 44.3 Å². The van der Waals surface area contributed by atoms with Crippen molar-refractivity contribution in [2.24, 2.45) is 4.99 Å². The SMILES string of the molecule is COc1cc(-c2c[n+](-c3ccc(C(F)(F)F)cc3)[nH]n2)[nH]c1C=NC1CCCCC1. The quantitative estimate of drug-likeness (QED) is 0.474. The van der Waals surface area contributed by atoms with Gasteiger partial charge in [-0.2, -0.15) is 13.2 Å². The number of benzene rings is 1. The Balaban J connectivity index is 1.54. The Bertz CT molecular complexity index is 1010. The molecule has 9 heteroatoms. The lowest BCUT2D eigenvalue weighted by Gasteiger charge is -2.16. The van der Waals surface area contributed by atoms with Gasteiger partial charge in [0.05, 0.1) is 24.4 Å². The molecule has 158 valence electrons. The van der Waals surface area contributed by atoms with E-state index in [2.05, 4.69) is 20.3 Å². The molecule has 2 N–H and O–H groups in total. The number of H-pyrrole nitrogens is 2. The molecule has 1 aliphatic carbocycles. The number of alkyl halides is 3. The fraction of sp³-hybridized carbons (Fsp3) is 0.381. The highest BCUT2D eigenvalue weighted by Gasteiger charge is 2.30. The van der Waals surface area contributed by atoms with E-state index in [0.717, 1.165) is 36.4 Å². The molecule has 0 unspecified atom stereocenters. The zero-order chi connectivity index (χ0) is 21.1. The molecule has 0 saturated heterocycles. The minimum absolute atomic E-state index is 0.349. The van der Waals surface area contributed by atoms with Gasteiger partial charge in [0.1, 0.15) is 11.4 Å². The van der Waals surface area contributed by atoms with Crippen LogP contribution in [0.4, 0.5) is 13.2 Å². The summed E-state index contributed by atoms with van der Waals surface area (Å²) < 4.78 is 45.3. The van der Waals surface area contributed by atoms with Gasteiger partial charge in [-0.15, -0.1) is 4.68 Å². The van der Waals surface area contributed by atoms with Crippen LogP contribution in [0.2, 0.25) is 0 Å². The second kappa shape index (κ2) is 8.33. The summed E-state index contributed by atoms with van der Waals surface area (Å²) in [5.41, 5.74) is 1.94. The number of hydrogen-bond donors (Lipinski definition) is 2. The maximum atomic E-state index is 12.7. The Morgan fingerprint density at radius 2 is 1.90 bits per heavy atom. The number of rotatable bonds is 5. The molecule has 1 aromatic carbocycles. The lowest BCUT2D eigenvalue weighted by atomic mass is 9.96. The molecular formula is C21H23F3N5O+. The Morgan fingerprint density at radius 1 is 1.17 bits per heavy atom. The number of aromatic amines is 2. The number of aromatic nitrogens is 4. The van der Waals surface area contributed by atoms with Gasteiger partial charge in [0, 0.05) is 17.4 Å². The molecule has 0 aliphatic heterocycles. The minimum atomic E-state index is -4.36. The highest BCUT2D eigenvalue weighted by Crippen LogP contribution is 2.29. The molecule has 0 radical (unpaired) electrons. The van der Waals surface area contributed by atoms with Gasteiger partial charge in [-0.25, -0.2) is 0 Å². The van der Waals surface area contributed by atoms with Gasteiger partial charge >= 0.3 is 6.18 Å². The van der Waals surface area contributed by atoms with Crippen LogP contribution in [0.5, 0.6) is 5.75 Å². The molecule has 0 spiro atoms. The van der Waals surface area contributed by atoms with Crippen molar-refractivity contribution < 1.29 is 22.6 Å². The van der Waals surface area contributed by atoms with Crippen LogP contribution >= 0.6 is 0 Å². The Hall–Kier alpha value is -3.10. The monoisotopic (exact) mass is 418 g/mol. The number of methoxy groups -OCH3 is 1. The normalized spacial score (nSPS) is 15.7. The molecule has 2 heterocycles. The second-order valence-electron chi connectivity index (χ2n) is 7.38. The van der Waals surface area contributed by atoms with Gasteiger partial charge in [0.25, 0.3) is 5.69 Å². The third kappa shape index (κ3) is 4.39. The molecule has 4 rings (SSSR count).